The van der Waals surface area contributed by atoms with Gasteiger partial charge in [-0.1, -0.05) is 18.2 Å². The van der Waals surface area contributed by atoms with E-state index in [2.05, 4.69) is 4.98 Å². The zero-order valence-electron chi connectivity index (χ0n) is 16.8. The van der Waals surface area contributed by atoms with E-state index in [0.29, 0.717) is 38.2 Å². The van der Waals surface area contributed by atoms with Gasteiger partial charge in [0.05, 0.1) is 30.2 Å². The average Bonchev–Trinajstić information content (AvgIpc) is 3.37. The number of carbonyl (C=O) groups is 2. The Morgan fingerprint density at radius 3 is 2.72 bits per heavy atom. The Hall–Kier alpha value is -2.25. The summed E-state index contributed by atoms with van der Waals surface area (Å²) in [5.74, 6) is -0.929. The summed E-state index contributed by atoms with van der Waals surface area (Å²) in [7, 11) is 0. The van der Waals surface area contributed by atoms with Crippen LogP contribution in [0.2, 0.25) is 0 Å². The number of ether oxygens (including phenoxy) is 1. The number of nitrogens with zero attached hydrogens (tertiary/aromatic N) is 3. The minimum Gasteiger partial charge on any atom is -0.383 e. The summed E-state index contributed by atoms with van der Waals surface area (Å²) < 4.78 is 6.19. The number of fused-ring (bicyclic) bond motifs is 1. The molecule has 5 rings (SSSR count). The lowest BCUT2D eigenvalue weighted by Crippen LogP contribution is -2.51. The van der Waals surface area contributed by atoms with E-state index in [-0.39, 0.29) is 24.0 Å². The molecule has 0 aliphatic carbocycles. The van der Waals surface area contributed by atoms with Crippen LogP contribution in [0.25, 0.3) is 0 Å². The van der Waals surface area contributed by atoms with E-state index < -0.39 is 23.0 Å². The number of hydrogen-bond acceptors (Lipinski definition) is 5. The molecular formula is C22H27N3O4. The predicted molar refractivity (Wildman–Crippen MR) is 105 cm³/mol. The second-order valence-corrected chi connectivity index (χ2v) is 9.03. The second kappa shape index (κ2) is 6.37. The van der Waals surface area contributed by atoms with E-state index in [4.69, 9.17) is 4.74 Å². The van der Waals surface area contributed by atoms with Crippen molar-refractivity contribution < 1.29 is 19.4 Å². The van der Waals surface area contributed by atoms with Gasteiger partial charge in [-0.25, -0.2) is 0 Å². The van der Waals surface area contributed by atoms with Gasteiger partial charge in [0.1, 0.15) is 11.2 Å². The molecule has 7 heteroatoms. The van der Waals surface area contributed by atoms with Crippen LogP contribution in [-0.4, -0.2) is 69.1 Å². The molecule has 29 heavy (non-hydrogen) atoms. The molecule has 3 saturated heterocycles. The van der Waals surface area contributed by atoms with Gasteiger partial charge in [0, 0.05) is 25.3 Å². The highest BCUT2D eigenvalue weighted by molar-refractivity contribution is 5.93. The number of pyridine rings is 1. The number of rotatable bonds is 3. The highest BCUT2D eigenvalue weighted by Crippen LogP contribution is 2.53. The van der Waals surface area contributed by atoms with E-state index in [0.717, 1.165) is 0 Å². The van der Waals surface area contributed by atoms with Crippen molar-refractivity contribution in [1.29, 1.82) is 0 Å². The van der Waals surface area contributed by atoms with Gasteiger partial charge in [-0.05, 0) is 38.8 Å². The second-order valence-electron chi connectivity index (χ2n) is 9.03. The Labute approximate surface area is 170 Å². The topological polar surface area (TPSA) is 83.0 Å². The molecule has 4 atom stereocenters. The first-order valence-corrected chi connectivity index (χ1v) is 10.4. The first kappa shape index (κ1) is 18.8. The number of piperidine rings is 1. The molecule has 3 fully saturated rings. The molecule has 2 bridgehead atoms. The average molecular weight is 397 g/mol. The van der Waals surface area contributed by atoms with Crippen molar-refractivity contribution in [1.82, 2.24) is 14.8 Å². The zero-order chi connectivity index (χ0) is 20.4. The minimum absolute atomic E-state index is 0.0206. The van der Waals surface area contributed by atoms with Gasteiger partial charge in [-0.2, -0.15) is 0 Å². The van der Waals surface area contributed by atoms with Gasteiger partial charge in [-0.3, -0.25) is 14.6 Å². The first-order chi connectivity index (χ1) is 13.8. The molecule has 4 aliphatic heterocycles. The molecule has 1 aromatic rings. The summed E-state index contributed by atoms with van der Waals surface area (Å²) in [6.45, 7) is 5.39. The summed E-state index contributed by atoms with van der Waals surface area (Å²) in [6, 6.07) is 5.59. The molecule has 7 nitrogen and oxygen atoms in total. The minimum atomic E-state index is -1.01. The maximum Gasteiger partial charge on any atom is 0.230 e. The van der Waals surface area contributed by atoms with Crippen LogP contribution in [0.5, 0.6) is 0 Å². The Morgan fingerprint density at radius 2 is 2.07 bits per heavy atom. The maximum absolute atomic E-state index is 13.4. The highest BCUT2D eigenvalue weighted by Gasteiger charge is 2.67. The molecular weight excluding hydrogens is 370 g/mol. The summed E-state index contributed by atoms with van der Waals surface area (Å²) in [5.41, 5.74) is -1.02. The summed E-state index contributed by atoms with van der Waals surface area (Å²) in [6.07, 6.45) is 6.15. The number of hydrogen-bond donors (Lipinski definition) is 1. The number of carbonyl (C=O) groups excluding carboxylic acids is 2. The molecule has 0 saturated carbocycles. The molecule has 0 unspecified atom stereocenters. The predicted octanol–water partition coefficient (Wildman–Crippen LogP) is 1.08. The van der Waals surface area contributed by atoms with Crippen molar-refractivity contribution in [3.63, 3.8) is 0 Å². The SMILES string of the molecule is CC(C)N1C[C@@]23C=C[C@H](O2)[C@H](C(=O)N2CCC(O)(c4ccccn4)CC2)[C@@H]3C1=O. The molecule has 4 aliphatic rings. The largest absolute Gasteiger partial charge is 0.383 e. The number of aliphatic hydroxyl groups is 1. The van der Waals surface area contributed by atoms with Crippen LogP contribution in [0.1, 0.15) is 32.4 Å². The molecule has 1 spiro atoms. The quantitative estimate of drug-likeness (QED) is 0.772. The molecule has 5 heterocycles. The van der Waals surface area contributed by atoms with Crippen LogP contribution < -0.4 is 0 Å². The van der Waals surface area contributed by atoms with Crippen molar-refractivity contribution in [2.75, 3.05) is 19.6 Å². The summed E-state index contributed by atoms with van der Waals surface area (Å²) in [4.78, 5) is 34.4. The van der Waals surface area contributed by atoms with Crippen LogP contribution in [0, 0.1) is 11.8 Å². The van der Waals surface area contributed by atoms with Crippen molar-refractivity contribution >= 4 is 11.8 Å². The Morgan fingerprint density at radius 1 is 1.31 bits per heavy atom. The van der Waals surface area contributed by atoms with Gasteiger partial charge < -0.3 is 19.6 Å². The molecule has 154 valence electrons. The van der Waals surface area contributed by atoms with Gasteiger partial charge >= 0.3 is 0 Å². The molecule has 1 N–H and O–H groups in total. The van der Waals surface area contributed by atoms with Gasteiger partial charge in [0.25, 0.3) is 0 Å². The van der Waals surface area contributed by atoms with Crippen molar-refractivity contribution in [2.24, 2.45) is 11.8 Å². The standard InChI is InChI=1S/C22H27N3O4/c1-14(2)25-13-22-7-6-15(29-22)17(18(22)20(25)27)19(26)24-11-8-21(28,9-12-24)16-5-3-4-10-23-16/h3-7,10,14-15,17-18,28H,8-9,11-13H2,1-2H3/t15-,17-,18+,22+/m0/s1. The van der Waals surface area contributed by atoms with Gasteiger partial charge in [-0.15, -0.1) is 0 Å². The van der Waals surface area contributed by atoms with Crippen molar-refractivity contribution in [3.05, 3.63) is 42.2 Å². The third-order valence-electron chi connectivity index (χ3n) is 7.08. The molecule has 0 aromatic carbocycles. The Balaban J connectivity index is 1.33. The van der Waals surface area contributed by atoms with Gasteiger partial charge in [0.2, 0.25) is 11.8 Å². The molecule has 1 aromatic heterocycles. The monoisotopic (exact) mass is 397 g/mol. The van der Waals surface area contributed by atoms with Crippen LogP contribution in [0.3, 0.4) is 0 Å². The van der Waals surface area contributed by atoms with Crippen LogP contribution in [0.15, 0.2) is 36.5 Å². The number of aromatic nitrogens is 1. The summed E-state index contributed by atoms with van der Waals surface area (Å²) in [5, 5.41) is 11.0. The summed E-state index contributed by atoms with van der Waals surface area (Å²) >= 11 is 0. The van der Waals surface area contributed by atoms with E-state index >= 15 is 0 Å². The zero-order valence-corrected chi connectivity index (χ0v) is 16.8. The third kappa shape index (κ3) is 2.67. The highest BCUT2D eigenvalue weighted by atomic mass is 16.5. The van der Waals surface area contributed by atoms with Crippen LogP contribution >= 0.6 is 0 Å². The van der Waals surface area contributed by atoms with Crippen LogP contribution in [0.4, 0.5) is 0 Å². The van der Waals surface area contributed by atoms with Crippen LogP contribution in [-0.2, 0) is 19.9 Å². The maximum atomic E-state index is 13.4. The smallest absolute Gasteiger partial charge is 0.230 e. The lowest BCUT2D eigenvalue weighted by Gasteiger charge is -2.39. The molecule has 2 amide bonds. The fourth-order valence-electron chi connectivity index (χ4n) is 5.45. The van der Waals surface area contributed by atoms with E-state index in [1.807, 2.05) is 49.1 Å². The Kier molecular flexibility index (Phi) is 4.12. The number of amides is 2. The third-order valence-corrected chi connectivity index (χ3v) is 7.08. The van der Waals surface area contributed by atoms with Crippen molar-refractivity contribution in [2.45, 2.75) is 50.0 Å². The first-order valence-electron chi connectivity index (χ1n) is 10.4. The normalized spacial score (nSPS) is 34.9. The Bertz CT molecular complexity index is 862. The van der Waals surface area contributed by atoms with Gasteiger partial charge in [0.15, 0.2) is 0 Å². The van der Waals surface area contributed by atoms with E-state index in [9.17, 15) is 14.7 Å². The molecule has 0 radical (unpaired) electrons. The fourth-order valence-corrected chi connectivity index (χ4v) is 5.45. The van der Waals surface area contributed by atoms with E-state index in [1.54, 1.807) is 11.1 Å². The van der Waals surface area contributed by atoms with Crippen molar-refractivity contribution in [3.8, 4) is 0 Å². The lowest BCUT2D eigenvalue weighted by atomic mass is 9.76. The lowest BCUT2D eigenvalue weighted by molar-refractivity contribution is -0.147. The van der Waals surface area contributed by atoms with E-state index in [1.165, 1.54) is 0 Å². The number of likely N-dealkylation sites (tertiary alicyclic amines) is 2. The fraction of sp³-hybridized carbons (Fsp3) is 0.591.